The largest absolute Gasteiger partial charge is 0.386 e. The van der Waals surface area contributed by atoms with E-state index in [9.17, 15) is 9.90 Å². The number of aromatic amines is 1. The molecule has 1 atom stereocenters. The summed E-state index contributed by atoms with van der Waals surface area (Å²) in [4.78, 5) is 22.7. The van der Waals surface area contributed by atoms with Crippen LogP contribution in [0.1, 0.15) is 36.2 Å². The summed E-state index contributed by atoms with van der Waals surface area (Å²) in [6.45, 7) is 5.34. The van der Waals surface area contributed by atoms with Gasteiger partial charge >= 0.3 is 0 Å². The van der Waals surface area contributed by atoms with Gasteiger partial charge in [-0.2, -0.15) is 5.10 Å². The third kappa shape index (κ3) is 4.37. The lowest BCUT2D eigenvalue weighted by Crippen LogP contribution is -2.54. The van der Waals surface area contributed by atoms with Crippen molar-refractivity contribution >= 4 is 11.9 Å². The quantitative estimate of drug-likeness (QED) is 0.708. The van der Waals surface area contributed by atoms with E-state index in [4.69, 9.17) is 0 Å². The highest BCUT2D eigenvalue weighted by Crippen LogP contribution is 2.23. The Morgan fingerprint density at radius 2 is 2.15 bits per heavy atom. The Kier molecular flexibility index (Phi) is 5.51. The van der Waals surface area contributed by atoms with Crippen LogP contribution in [0.25, 0.3) is 0 Å². The Hall–Kier alpha value is -2.48. The molecular weight excluding hydrogens is 332 g/mol. The van der Waals surface area contributed by atoms with Crippen LogP contribution in [0.3, 0.4) is 0 Å². The van der Waals surface area contributed by atoms with E-state index in [0.717, 1.165) is 29.9 Å². The van der Waals surface area contributed by atoms with Gasteiger partial charge in [-0.1, -0.05) is 0 Å². The highest BCUT2D eigenvalue weighted by molar-refractivity contribution is 5.76. The van der Waals surface area contributed by atoms with Crippen LogP contribution in [-0.2, 0) is 11.2 Å². The molecule has 0 spiro atoms. The molecule has 8 heteroatoms. The molecule has 1 aliphatic heterocycles. The van der Waals surface area contributed by atoms with Crippen molar-refractivity contribution in [2.75, 3.05) is 24.5 Å². The molecule has 26 heavy (non-hydrogen) atoms. The standard InChI is InChI=1S/C18H26N6O2/c1-13-15(14(2)23-22-13)5-6-16(25)21-11-18(26)7-3-10-24(12-18)17-19-8-4-9-20-17/h4,8-9,26H,3,5-7,10-12H2,1-2H3,(H,21,25)(H,22,23)/t18-/m0/s1. The van der Waals surface area contributed by atoms with E-state index in [1.54, 1.807) is 18.5 Å². The van der Waals surface area contributed by atoms with Crippen molar-refractivity contribution in [3.8, 4) is 0 Å². The molecule has 1 aliphatic rings. The number of aliphatic hydroxyl groups is 1. The third-order valence-electron chi connectivity index (χ3n) is 4.89. The first-order valence-electron chi connectivity index (χ1n) is 8.98. The maximum absolute atomic E-state index is 12.2. The number of anilines is 1. The van der Waals surface area contributed by atoms with Gasteiger partial charge in [0.2, 0.25) is 11.9 Å². The second-order valence-corrected chi connectivity index (χ2v) is 6.99. The van der Waals surface area contributed by atoms with Gasteiger partial charge in [-0.25, -0.2) is 9.97 Å². The Morgan fingerprint density at radius 1 is 1.38 bits per heavy atom. The molecular formula is C18H26N6O2. The van der Waals surface area contributed by atoms with Crippen molar-refractivity contribution in [1.82, 2.24) is 25.5 Å². The first-order chi connectivity index (χ1) is 12.5. The number of hydrogen-bond donors (Lipinski definition) is 3. The van der Waals surface area contributed by atoms with Crippen molar-refractivity contribution in [2.24, 2.45) is 0 Å². The minimum Gasteiger partial charge on any atom is -0.386 e. The van der Waals surface area contributed by atoms with Crippen molar-refractivity contribution in [2.45, 2.75) is 45.1 Å². The molecule has 0 unspecified atom stereocenters. The number of carbonyl (C=O) groups is 1. The van der Waals surface area contributed by atoms with Crippen LogP contribution in [-0.4, -0.2) is 56.4 Å². The van der Waals surface area contributed by atoms with Crippen LogP contribution in [0.5, 0.6) is 0 Å². The molecule has 0 aliphatic carbocycles. The smallest absolute Gasteiger partial charge is 0.225 e. The number of rotatable bonds is 6. The summed E-state index contributed by atoms with van der Waals surface area (Å²) in [6.07, 6.45) is 5.88. The number of piperidine rings is 1. The normalized spacial score (nSPS) is 20.2. The molecule has 0 bridgehead atoms. The highest BCUT2D eigenvalue weighted by atomic mass is 16.3. The molecule has 0 saturated carbocycles. The van der Waals surface area contributed by atoms with Crippen LogP contribution in [0.15, 0.2) is 18.5 Å². The minimum absolute atomic E-state index is 0.0634. The van der Waals surface area contributed by atoms with Crippen molar-refractivity contribution < 1.29 is 9.90 Å². The number of hydrogen-bond acceptors (Lipinski definition) is 6. The van der Waals surface area contributed by atoms with Gasteiger partial charge in [-0.05, 0) is 44.7 Å². The predicted molar refractivity (Wildman–Crippen MR) is 97.8 cm³/mol. The maximum atomic E-state index is 12.2. The fourth-order valence-corrected chi connectivity index (χ4v) is 3.41. The lowest BCUT2D eigenvalue weighted by Gasteiger charge is -2.39. The van der Waals surface area contributed by atoms with E-state index >= 15 is 0 Å². The summed E-state index contributed by atoms with van der Waals surface area (Å²) in [5, 5.41) is 20.8. The van der Waals surface area contributed by atoms with Crippen molar-refractivity contribution in [3.05, 3.63) is 35.4 Å². The zero-order chi connectivity index (χ0) is 18.6. The molecule has 1 saturated heterocycles. The van der Waals surface area contributed by atoms with Crippen LogP contribution in [0, 0.1) is 13.8 Å². The first kappa shape index (κ1) is 18.3. The van der Waals surface area contributed by atoms with E-state index < -0.39 is 5.60 Å². The Morgan fingerprint density at radius 3 is 2.85 bits per heavy atom. The molecule has 3 heterocycles. The van der Waals surface area contributed by atoms with Gasteiger partial charge in [0.15, 0.2) is 0 Å². The average Bonchev–Trinajstić information content (AvgIpc) is 2.97. The Balaban J connectivity index is 1.50. The van der Waals surface area contributed by atoms with E-state index in [1.165, 1.54) is 0 Å². The molecule has 1 fully saturated rings. The zero-order valence-corrected chi connectivity index (χ0v) is 15.3. The summed E-state index contributed by atoms with van der Waals surface area (Å²) in [6, 6.07) is 1.77. The summed E-state index contributed by atoms with van der Waals surface area (Å²) in [5.41, 5.74) is 2.05. The molecule has 2 aromatic rings. The minimum atomic E-state index is -0.964. The topological polar surface area (TPSA) is 107 Å². The van der Waals surface area contributed by atoms with Crippen LogP contribution in [0.4, 0.5) is 5.95 Å². The van der Waals surface area contributed by atoms with Crippen LogP contribution in [0.2, 0.25) is 0 Å². The second kappa shape index (κ2) is 7.82. The molecule has 1 amide bonds. The first-order valence-corrected chi connectivity index (χ1v) is 8.98. The van der Waals surface area contributed by atoms with Gasteiger partial charge in [-0.15, -0.1) is 0 Å². The fraction of sp³-hybridized carbons (Fsp3) is 0.556. The number of amides is 1. The van der Waals surface area contributed by atoms with Gasteiger partial charge in [-0.3, -0.25) is 9.89 Å². The van der Waals surface area contributed by atoms with Crippen molar-refractivity contribution in [3.63, 3.8) is 0 Å². The predicted octanol–water partition coefficient (Wildman–Crippen LogP) is 0.897. The number of β-amino-alcohol motifs (C(OH)–C–C–N with tert-alkyl or cyclic N) is 1. The van der Waals surface area contributed by atoms with Gasteiger partial charge < -0.3 is 15.3 Å². The molecule has 2 aromatic heterocycles. The summed E-state index contributed by atoms with van der Waals surface area (Å²) >= 11 is 0. The third-order valence-corrected chi connectivity index (χ3v) is 4.89. The molecule has 0 radical (unpaired) electrons. The van der Waals surface area contributed by atoms with Gasteiger partial charge in [0.1, 0.15) is 0 Å². The summed E-state index contributed by atoms with van der Waals surface area (Å²) < 4.78 is 0. The van der Waals surface area contributed by atoms with Crippen LogP contribution < -0.4 is 10.2 Å². The van der Waals surface area contributed by atoms with E-state index in [1.807, 2.05) is 18.7 Å². The summed E-state index contributed by atoms with van der Waals surface area (Å²) in [5.74, 6) is 0.550. The summed E-state index contributed by atoms with van der Waals surface area (Å²) in [7, 11) is 0. The van der Waals surface area contributed by atoms with Gasteiger partial charge in [0.05, 0.1) is 17.8 Å². The lowest BCUT2D eigenvalue weighted by atomic mass is 9.93. The Labute approximate surface area is 153 Å². The number of nitrogens with zero attached hydrogens (tertiary/aromatic N) is 4. The highest BCUT2D eigenvalue weighted by Gasteiger charge is 2.34. The monoisotopic (exact) mass is 358 g/mol. The average molecular weight is 358 g/mol. The maximum Gasteiger partial charge on any atom is 0.225 e. The molecule has 8 nitrogen and oxygen atoms in total. The molecule has 3 N–H and O–H groups in total. The Bertz CT molecular complexity index is 728. The molecule has 140 valence electrons. The van der Waals surface area contributed by atoms with E-state index in [0.29, 0.717) is 31.8 Å². The fourth-order valence-electron chi connectivity index (χ4n) is 3.41. The second-order valence-electron chi connectivity index (χ2n) is 6.99. The SMILES string of the molecule is Cc1n[nH]c(C)c1CCC(=O)NC[C@@]1(O)CCCN(c2ncccn2)C1. The van der Waals surface area contributed by atoms with Crippen LogP contribution >= 0.6 is 0 Å². The van der Waals surface area contributed by atoms with E-state index in [-0.39, 0.29) is 12.5 Å². The number of H-pyrrole nitrogens is 1. The lowest BCUT2D eigenvalue weighted by molar-refractivity contribution is -0.122. The zero-order valence-electron chi connectivity index (χ0n) is 15.3. The van der Waals surface area contributed by atoms with E-state index in [2.05, 4.69) is 25.5 Å². The van der Waals surface area contributed by atoms with Gasteiger partial charge in [0.25, 0.3) is 0 Å². The molecule has 0 aromatic carbocycles. The van der Waals surface area contributed by atoms with Gasteiger partial charge in [0, 0.05) is 37.6 Å². The number of nitrogens with one attached hydrogen (secondary N) is 2. The number of carbonyl (C=O) groups excluding carboxylic acids is 1. The molecule has 3 rings (SSSR count). The van der Waals surface area contributed by atoms with Crippen molar-refractivity contribution in [1.29, 1.82) is 0 Å². The number of aryl methyl sites for hydroxylation is 2. The number of aromatic nitrogens is 4.